The highest BCUT2D eigenvalue weighted by molar-refractivity contribution is 6.00. The summed E-state index contributed by atoms with van der Waals surface area (Å²) in [6.45, 7) is 5.15. The van der Waals surface area contributed by atoms with Gasteiger partial charge in [-0.2, -0.15) is 0 Å². The maximum atomic E-state index is 14.5. The summed E-state index contributed by atoms with van der Waals surface area (Å²) in [5, 5.41) is 31.5. The van der Waals surface area contributed by atoms with Crippen LogP contribution in [0.2, 0.25) is 0 Å². The highest BCUT2D eigenvalue weighted by Gasteiger charge is 2.40. The van der Waals surface area contributed by atoms with Gasteiger partial charge in [-0.1, -0.05) is 6.92 Å². The third kappa shape index (κ3) is 4.95. The molecule has 0 aromatic heterocycles. The number of rotatable bonds is 5. The second-order valence-electron chi connectivity index (χ2n) is 5.78. The summed E-state index contributed by atoms with van der Waals surface area (Å²) < 4.78 is 14.5. The lowest BCUT2D eigenvalue weighted by Gasteiger charge is -2.40. The minimum Gasteiger partial charge on any atom is -0.378 e. The second kappa shape index (κ2) is 7.92. The molecular formula is C15H26FN3O3. The maximum Gasteiger partial charge on any atom is 0.224 e. The molecule has 3 unspecified atom stereocenters. The number of hydrogen-bond acceptors (Lipinski definition) is 5. The Balaban J connectivity index is 3.03. The first-order valence-corrected chi connectivity index (χ1v) is 7.44. The van der Waals surface area contributed by atoms with Gasteiger partial charge in [-0.15, -0.1) is 0 Å². The molecule has 1 heterocycles. The molecule has 1 aliphatic rings. The first-order chi connectivity index (χ1) is 10.2. The summed E-state index contributed by atoms with van der Waals surface area (Å²) in [7, 11) is 1.55. The van der Waals surface area contributed by atoms with Crippen LogP contribution in [0.25, 0.3) is 0 Å². The molecule has 1 rings (SSSR count). The van der Waals surface area contributed by atoms with E-state index >= 15 is 0 Å². The van der Waals surface area contributed by atoms with Crippen LogP contribution in [-0.2, 0) is 0 Å². The van der Waals surface area contributed by atoms with Crippen LogP contribution in [-0.4, -0.2) is 46.6 Å². The largest absolute Gasteiger partial charge is 0.378 e. The Hall–Kier alpha value is -1.15. The van der Waals surface area contributed by atoms with Gasteiger partial charge in [0.05, 0.1) is 5.71 Å². The molecule has 0 aromatic carbocycles. The molecular weight excluding hydrogens is 289 g/mol. The average molecular weight is 315 g/mol. The number of halogens is 1. The second-order valence-corrected chi connectivity index (χ2v) is 5.78. The van der Waals surface area contributed by atoms with Crippen molar-refractivity contribution in [2.75, 3.05) is 7.05 Å². The molecule has 126 valence electrons. The average Bonchev–Trinajstić information content (AvgIpc) is 2.42. The van der Waals surface area contributed by atoms with Gasteiger partial charge in [-0.05, 0) is 44.1 Å². The number of piperidine rings is 1. The van der Waals surface area contributed by atoms with Crippen molar-refractivity contribution in [2.24, 2.45) is 21.8 Å². The monoisotopic (exact) mass is 315 g/mol. The SMILES string of the molecule is CCC(\C(C)=C(F)/C(C)=N/C=N\C)C1CC(O)NC(O)(O)C1. The van der Waals surface area contributed by atoms with E-state index in [9.17, 15) is 19.7 Å². The standard InChI is InChI=1S/C15H26FN3O3/c1-5-12(9(2)14(16)10(3)18-8-17-4)11-6-13(20)19-15(21,22)7-11/h8,11-13,19-22H,5-7H2,1-4H3/b14-9+,17-8-,18-10+. The topological polar surface area (TPSA) is 97.4 Å². The first-order valence-electron chi connectivity index (χ1n) is 7.44. The first kappa shape index (κ1) is 18.9. The molecule has 6 nitrogen and oxygen atoms in total. The molecule has 1 saturated heterocycles. The molecule has 3 atom stereocenters. The molecule has 0 saturated carbocycles. The van der Waals surface area contributed by atoms with Gasteiger partial charge in [0.15, 0.2) is 0 Å². The summed E-state index contributed by atoms with van der Waals surface area (Å²) in [6, 6.07) is 0. The molecule has 1 aliphatic heterocycles. The van der Waals surface area contributed by atoms with Crippen molar-refractivity contribution in [3.05, 3.63) is 11.4 Å². The molecule has 0 amide bonds. The normalized spacial score (nSPS) is 28.6. The Morgan fingerprint density at radius 3 is 2.59 bits per heavy atom. The number of hydrogen-bond donors (Lipinski definition) is 4. The molecule has 0 radical (unpaired) electrons. The van der Waals surface area contributed by atoms with E-state index < -0.39 is 18.0 Å². The lowest BCUT2D eigenvalue weighted by molar-refractivity contribution is -0.239. The summed E-state index contributed by atoms with van der Waals surface area (Å²) in [6.07, 6.45) is 1.24. The Morgan fingerprint density at radius 2 is 2.09 bits per heavy atom. The van der Waals surface area contributed by atoms with Crippen molar-refractivity contribution in [1.29, 1.82) is 0 Å². The van der Waals surface area contributed by atoms with Gasteiger partial charge in [-0.25, -0.2) is 14.7 Å². The van der Waals surface area contributed by atoms with E-state index in [-0.39, 0.29) is 24.0 Å². The van der Waals surface area contributed by atoms with E-state index in [0.29, 0.717) is 18.4 Å². The van der Waals surface area contributed by atoms with Gasteiger partial charge in [0, 0.05) is 13.5 Å². The zero-order valence-corrected chi connectivity index (χ0v) is 13.5. The van der Waals surface area contributed by atoms with Crippen molar-refractivity contribution in [2.45, 2.75) is 52.2 Å². The number of nitrogens with zero attached hydrogens (tertiary/aromatic N) is 2. The van der Waals surface area contributed by atoms with Crippen LogP contribution in [0, 0.1) is 11.8 Å². The van der Waals surface area contributed by atoms with Crippen LogP contribution in [0.15, 0.2) is 21.4 Å². The fourth-order valence-electron chi connectivity index (χ4n) is 3.07. The van der Waals surface area contributed by atoms with Gasteiger partial charge in [0.25, 0.3) is 0 Å². The van der Waals surface area contributed by atoms with Gasteiger partial charge in [0.2, 0.25) is 5.91 Å². The van der Waals surface area contributed by atoms with E-state index in [1.807, 2.05) is 6.92 Å². The Kier molecular flexibility index (Phi) is 6.80. The van der Waals surface area contributed by atoms with Crippen LogP contribution in [0.3, 0.4) is 0 Å². The number of aliphatic hydroxyl groups excluding tert-OH is 1. The lowest BCUT2D eigenvalue weighted by Crippen LogP contribution is -2.57. The highest BCUT2D eigenvalue weighted by atomic mass is 19.1. The van der Waals surface area contributed by atoms with Crippen LogP contribution in [0.5, 0.6) is 0 Å². The molecule has 0 aliphatic carbocycles. The van der Waals surface area contributed by atoms with E-state index in [1.165, 1.54) is 6.34 Å². The Morgan fingerprint density at radius 1 is 1.45 bits per heavy atom. The van der Waals surface area contributed by atoms with E-state index in [1.54, 1.807) is 20.9 Å². The fourth-order valence-corrected chi connectivity index (χ4v) is 3.07. The van der Waals surface area contributed by atoms with Crippen molar-refractivity contribution in [3.63, 3.8) is 0 Å². The molecule has 0 aromatic rings. The minimum absolute atomic E-state index is 0.0276. The van der Waals surface area contributed by atoms with Crippen LogP contribution in [0.4, 0.5) is 4.39 Å². The van der Waals surface area contributed by atoms with E-state index in [2.05, 4.69) is 15.3 Å². The number of allylic oxidation sites excluding steroid dienone is 2. The molecule has 1 fully saturated rings. The van der Waals surface area contributed by atoms with Gasteiger partial charge < -0.3 is 15.3 Å². The third-order valence-corrected chi connectivity index (χ3v) is 4.07. The molecule has 0 spiro atoms. The van der Waals surface area contributed by atoms with Crippen LogP contribution >= 0.6 is 0 Å². The van der Waals surface area contributed by atoms with Crippen molar-refractivity contribution >= 4 is 12.1 Å². The Bertz CT molecular complexity index is 475. The van der Waals surface area contributed by atoms with Crippen molar-refractivity contribution in [1.82, 2.24) is 5.32 Å². The minimum atomic E-state index is -2.13. The molecule has 0 bridgehead atoms. The quantitative estimate of drug-likeness (QED) is 0.349. The maximum absolute atomic E-state index is 14.5. The van der Waals surface area contributed by atoms with Crippen LogP contribution < -0.4 is 5.32 Å². The number of nitrogens with one attached hydrogen (secondary N) is 1. The molecule has 4 N–H and O–H groups in total. The predicted octanol–water partition coefficient (Wildman–Crippen LogP) is 1.33. The zero-order valence-electron chi connectivity index (χ0n) is 13.5. The molecule has 7 heteroatoms. The number of aliphatic hydroxyl groups is 3. The smallest absolute Gasteiger partial charge is 0.224 e. The summed E-state index contributed by atoms with van der Waals surface area (Å²) >= 11 is 0. The predicted molar refractivity (Wildman–Crippen MR) is 84.1 cm³/mol. The van der Waals surface area contributed by atoms with Crippen LogP contribution in [0.1, 0.15) is 40.0 Å². The fraction of sp³-hybridized carbons (Fsp3) is 0.733. The van der Waals surface area contributed by atoms with Gasteiger partial charge >= 0.3 is 0 Å². The zero-order chi connectivity index (χ0) is 16.9. The Labute approximate surface area is 130 Å². The van der Waals surface area contributed by atoms with Crippen molar-refractivity contribution in [3.8, 4) is 0 Å². The summed E-state index contributed by atoms with van der Waals surface area (Å²) in [5.41, 5.74) is 0.735. The van der Waals surface area contributed by atoms with Gasteiger partial charge in [-0.3, -0.25) is 4.99 Å². The van der Waals surface area contributed by atoms with Crippen molar-refractivity contribution < 1.29 is 19.7 Å². The third-order valence-electron chi connectivity index (χ3n) is 4.07. The van der Waals surface area contributed by atoms with Gasteiger partial charge in [0.1, 0.15) is 18.4 Å². The van der Waals surface area contributed by atoms with E-state index in [4.69, 9.17) is 0 Å². The lowest BCUT2D eigenvalue weighted by atomic mass is 9.77. The summed E-state index contributed by atoms with van der Waals surface area (Å²) in [5.74, 6) is -3.00. The highest BCUT2D eigenvalue weighted by Crippen LogP contribution is 2.37. The number of aliphatic imine (C=N–C) groups is 2. The summed E-state index contributed by atoms with van der Waals surface area (Å²) in [4.78, 5) is 7.59. The molecule has 22 heavy (non-hydrogen) atoms. The van der Waals surface area contributed by atoms with E-state index in [0.717, 1.165) is 0 Å².